The van der Waals surface area contributed by atoms with Crippen LogP contribution in [0.1, 0.15) is 15.9 Å². The van der Waals surface area contributed by atoms with Crippen LogP contribution in [0.2, 0.25) is 0 Å². The van der Waals surface area contributed by atoms with Gasteiger partial charge in [-0.3, -0.25) is 14.6 Å². The van der Waals surface area contributed by atoms with Gasteiger partial charge in [-0.15, -0.1) is 0 Å². The molecule has 3 fully saturated rings. The van der Waals surface area contributed by atoms with E-state index in [2.05, 4.69) is 9.80 Å². The van der Waals surface area contributed by atoms with E-state index in [0.717, 1.165) is 43.9 Å². The molecule has 2 bridgehead atoms. The number of fused-ring (bicyclic) bond motifs is 3. The summed E-state index contributed by atoms with van der Waals surface area (Å²) in [6.45, 7) is 7.26. The molecular weight excluding hydrogens is 212 g/mol. The maximum Gasteiger partial charge on any atom is 0.181 e. The Labute approximate surface area is 102 Å². The number of Topliss-reactive ketones (excluding diaryl/α,β-unsaturated/α-hetero) is 1. The Balaban J connectivity index is 1.85. The van der Waals surface area contributed by atoms with Gasteiger partial charge in [0.1, 0.15) is 0 Å². The van der Waals surface area contributed by atoms with Crippen molar-refractivity contribution in [2.24, 2.45) is 0 Å². The fourth-order valence-electron chi connectivity index (χ4n) is 2.90. The Morgan fingerprint density at radius 3 is 2.47 bits per heavy atom. The summed E-state index contributed by atoms with van der Waals surface area (Å²) in [6, 6.07) is 8.00. The lowest BCUT2D eigenvalue weighted by Gasteiger charge is -2.46. The molecule has 3 aliphatic rings. The van der Waals surface area contributed by atoms with Crippen molar-refractivity contribution < 1.29 is 4.79 Å². The fraction of sp³-hybridized carbons (Fsp3) is 0.500. The number of aryl methyl sites for hydroxylation is 1. The van der Waals surface area contributed by atoms with E-state index in [1.54, 1.807) is 0 Å². The van der Waals surface area contributed by atoms with Crippen LogP contribution in [-0.4, -0.2) is 54.3 Å². The van der Waals surface area contributed by atoms with E-state index in [4.69, 9.17) is 0 Å². The standard InChI is InChI=1S/C14H18N2O/c1-11-4-2-3-5-12(11)14(17)13-10-15-6-8-16(13)9-7-15/h2-5,13H,6-10H2,1H3. The first-order valence-corrected chi connectivity index (χ1v) is 6.32. The zero-order chi connectivity index (χ0) is 11.8. The van der Waals surface area contributed by atoms with E-state index in [1.165, 1.54) is 0 Å². The number of ketones is 1. The van der Waals surface area contributed by atoms with E-state index in [1.807, 2.05) is 31.2 Å². The number of carbonyl (C=O) groups excluding carboxylic acids is 1. The highest BCUT2D eigenvalue weighted by molar-refractivity contribution is 6.01. The first-order valence-electron chi connectivity index (χ1n) is 6.32. The second-order valence-corrected chi connectivity index (χ2v) is 5.03. The Kier molecular flexibility index (Phi) is 2.73. The Morgan fingerprint density at radius 1 is 1.18 bits per heavy atom. The van der Waals surface area contributed by atoms with Crippen LogP contribution in [0.5, 0.6) is 0 Å². The van der Waals surface area contributed by atoms with Crippen molar-refractivity contribution in [2.75, 3.05) is 32.7 Å². The molecule has 3 heteroatoms. The molecule has 1 aromatic carbocycles. The van der Waals surface area contributed by atoms with Crippen LogP contribution >= 0.6 is 0 Å². The average molecular weight is 230 g/mol. The van der Waals surface area contributed by atoms with E-state index in [0.29, 0.717) is 5.78 Å². The molecule has 3 nitrogen and oxygen atoms in total. The minimum atomic E-state index is 0.0820. The van der Waals surface area contributed by atoms with Gasteiger partial charge in [0.2, 0.25) is 0 Å². The number of nitrogens with zero attached hydrogens (tertiary/aromatic N) is 2. The van der Waals surface area contributed by atoms with Crippen LogP contribution in [0.3, 0.4) is 0 Å². The van der Waals surface area contributed by atoms with Crippen molar-refractivity contribution in [3.05, 3.63) is 35.4 Å². The van der Waals surface area contributed by atoms with Gasteiger partial charge < -0.3 is 0 Å². The topological polar surface area (TPSA) is 23.6 Å². The molecule has 1 atom stereocenters. The molecule has 3 aliphatic heterocycles. The molecule has 0 aromatic heterocycles. The lowest BCUT2D eigenvalue weighted by molar-refractivity contribution is 0.0159. The van der Waals surface area contributed by atoms with Crippen LogP contribution in [0.25, 0.3) is 0 Å². The molecule has 4 rings (SSSR count). The third-order valence-corrected chi connectivity index (χ3v) is 3.99. The second kappa shape index (κ2) is 4.24. The molecular formula is C14H18N2O. The van der Waals surface area contributed by atoms with Gasteiger partial charge in [0, 0.05) is 38.3 Å². The quantitative estimate of drug-likeness (QED) is 0.713. The van der Waals surface area contributed by atoms with Crippen molar-refractivity contribution >= 4 is 5.78 Å². The molecule has 3 heterocycles. The fourth-order valence-corrected chi connectivity index (χ4v) is 2.90. The predicted molar refractivity (Wildman–Crippen MR) is 67.3 cm³/mol. The number of piperazine rings is 3. The first-order chi connectivity index (χ1) is 8.25. The average Bonchev–Trinajstić information content (AvgIpc) is 2.40. The van der Waals surface area contributed by atoms with Crippen LogP contribution in [0.15, 0.2) is 24.3 Å². The molecule has 1 aromatic rings. The summed E-state index contributed by atoms with van der Waals surface area (Å²) in [5.41, 5.74) is 1.99. The highest BCUT2D eigenvalue weighted by atomic mass is 16.1. The highest BCUT2D eigenvalue weighted by Gasteiger charge is 2.36. The smallest absolute Gasteiger partial charge is 0.181 e. The van der Waals surface area contributed by atoms with Gasteiger partial charge in [0.15, 0.2) is 5.78 Å². The number of carbonyl (C=O) groups is 1. The molecule has 0 aliphatic carbocycles. The number of benzene rings is 1. The highest BCUT2D eigenvalue weighted by Crippen LogP contribution is 2.20. The van der Waals surface area contributed by atoms with Crippen LogP contribution in [0.4, 0.5) is 0 Å². The maximum absolute atomic E-state index is 12.5. The van der Waals surface area contributed by atoms with E-state index in [-0.39, 0.29) is 6.04 Å². The normalized spacial score (nSPS) is 31.5. The van der Waals surface area contributed by atoms with Crippen molar-refractivity contribution in [2.45, 2.75) is 13.0 Å². The SMILES string of the molecule is Cc1ccccc1C(=O)C1CN2CCN1CC2. The summed E-state index contributed by atoms with van der Waals surface area (Å²) in [6.07, 6.45) is 0. The molecule has 1 unspecified atom stereocenters. The minimum Gasteiger partial charge on any atom is -0.299 e. The van der Waals surface area contributed by atoms with Gasteiger partial charge >= 0.3 is 0 Å². The van der Waals surface area contributed by atoms with Gasteiger partial charge in [-0.25, -0.2) is 0 Å². The van der Waals surface area contributed by atoms with Crippen molar-refractivity contribution in [1.29, 1.82) is 0 Å². The predicted octanol–water partition coefficient (Wildman–Crippen LogP) is 1.18. The molecule has 0 saturated carbocycles. The van der Waals surface area contributed by atoms with Gasteiger partial charge in [0.25, 0.3) is 0 Å². The largest absolute Gasteiger partial charge is 0.299 e. The third kappa shape index (κ3) is 1.90. The second-order valence-electron chi connectivity index (χ2n) is 5.03. The van der Waals surface area contributed by atoms with Crippen LogP contribution in [0, 0.1) is 6.92 Å². The molecule has 90 valence electrons. The zero-order valence-electron chi connectivity index (χ0n) is 10.2. The van der Waals surface area contributed by atoms with Crippen molar-refractivity contribution in [3.63, 3.8) is 0 Å². The summed E-state index contributed by atoms with van der Waals surface area (Å²) in [7, 11) is 0. The molecule has 0 amide bonds. The number of hydrogen-bond donors (Lipinski definition) is 0. The Bertz CT molecular complexity index is 436. The third-order valence-electron chi connectivity index (χ3n) is 3.99. The van der Waals surface area contributed by atoms with Crippen LogP contribution < -0.4 is 0 Å². The number of rotatable bonds is 2. The van der Waals surface area contributed by atoms with E-state index in [9.17, 15) is 4.79 Å². The lowest BCUT2D eigenvalue weighted by atomic mass is 9.95. The van der Waals surface area contributed by atoms with Gasteiger partial charge in [0.05, 0.1) is 6.04 Å². The summed E-state index contributed by atoms with van der Waals surface area (Å²) in [5.74, 6) is 0.299. The summed E-state index contributed by atoms with van der Waals surface area (Å²) >= 11 is 0. The zero-order valence-corrected chi connectivity index (χ0v) is 10.2. The lowest BCUT2D eigenvalue weighted by Crippen LogP contribution is -2.63. The molecule has 0 N–H and O–H groups in total. The minimum absolute atomic E-state index is 0.0820. The van der Waals surface area contributed by atoms with Crippen molar-refractivity contribution in [1.82, 2.24) is 9.80 Å². The maximum atomic E-state index is 12.5. The van der Waals surface area contributed by atoms with Crippen LogP contribution in [-0.2, 0) is 0 Å². The Morgan fingerprint density at radius 2 is 1.88 bits per heavy atom. The van der Waals surface area contributed by atoms with Gasteiger partial charge in [-0.05, 0) is 12.5 Å². The van der Waals surface area contributed by atoms with Gasteiger partial charge in [-0.2, -0.15) is 0 Å². The van der Waals surface area contributed by atoms with Gasteiger partial charge in [-0.1, -0.05) is 24.3 Å². The summed E-state index contributed by atoms with van der Waals surface area (Å²) in [5, 5.41) is 0. The molecule has 0 spiro atoms. The Hall–Kier alpha value is -1.19. The molecule has 3 saturated heterocycles. The molecule has 17 heavy (non-hydrogen) atoms. The molecule has 0 radical (unpaired) electrons. The number of hydrogen-bond acceptors (Lipinski definition) is 3. The first kappa shape index (κ1) is 10.9. The summed E-state index contributed by atoms with van der Waals surface area (Å²) in [4.78, 5) is 17.3. The van der Waals surface area contributed by atoms with E-state index < -0.39 is 0 Å². The summed E-state index contributed by atoms with van der Waals surface area (Å²) < 4.78 is 0. The van der Waals surface area contributed by atoms with Crippen molar-refractivity contribution in [3.8, 4) is 0 Å². The van der Waals surface area contributed by atoms with E-state index >= 15 is 0 Å². The monoisotopic (exact) mass is 230 g/mol.